The number of carbonyl (C=O) groups excluding carboxylic acids is 1. The highest BCUT2D eigenvalue weighted by Crippen LogP contribution is 2.39. The normalized spacial score (nSPS) is 22.7. The molecule has 2 aliphatic heterocycles. The Morgan fingerprint density at radius 1 is 1.32 bits per heavy atom. The van der Waals surface area contributed by atoms with Crippen molar-refractivity contribution >= 4 is 11.6 Å². The van der Waals surface area contributed by atoms with Gasteiger partial charge in [0.25, 0.3) is 5.91 Å². The Balaban J connectivity index is 1.87. The van der Waals surface area contributed by atoms with Gasteiger partial charge in [0.05, 0.1) is 12.2 Å². The molecule has 0 spiro atoms. The Morgan fingerprint density at radius 2 is 2.09 bits per heavy atom. The van der Waals surface area contributed by atoms with Crippen LogP contribution in [0.4, 0.5) is 18.9 Å². The van der Waals surface area contributed by atoms with E-state index in [1.54, 1.807) is 6.07 Å². The van der Waals surface area contributed by atoms with Crippen molar-refractivity contribution < 1.29 is 22.7 Å². The highest BCUT2D eigenvalue weighted by molar-refractivity contribution is 5.98. The minimum absolute atomic E-state index is 0.201. The molecule has 0 aromatic heterocycles. The van der Waals surface area contributed by atoms with E-state index in [1.165, 1.54) is 11.0 Å². The summed E-state index contributed by atoms with van der Waals surface area (Å²) in [5.41, 5.74) is -0.0915. The molecule has 120 valence electrons. The van der Waals surface area contributed by atoms with E-state index in [-0.39, 0.29) is 24.4 Å². The Hall–Kier alpha value is -1.60. The number of carbonyl (C=O) groups is 1. The summed E-state index contributed by atoms with van der Waals surface area (Å²) in [5, 5.41) is 0. The number of anilines is 1. The quantitative estimate of drug-likeness (QED) is 0.794. The van der Waals surface area contributed by atoms with Gasteiger partial charge in [0.15, 0.2) is 0 Å². The number of hydrogen-bond acceptors (Lipinski definition) is 3. The van der Waals surface area contributed by atoms with Crippen LogP contribution in [0.3, 0.4) is 0 Å². The maximum Gasteiger partial charge on any atom is 0.416 e. The molecule has 1 aromatic rings. The molecular weight excluding hydrogens is 297 g/mol. The third-order valence-corrected chi connectivity index (χ3v) is 4.14. The number of hydrogen-bond donors (Lipinski definition) is 0. The fourth-order valence-electron chi connectivity index (χ4n) is 3.03. The minimum Gasteiger partial charge on any atom is -0.366 e. The van der Waals surface area contributed by atoms with Crippen LogP contribution >= 0.6 is 0 Å². The molecule has 1 saturated heterocycles. The molecule has 2 aliphatic rings. The lowest BCUT2D eigenvalue weighted by Gasteiger charge is -2.31. The van der Waals surface area contributed by atoms with Gasteiger partial charge < -0.3 is 14.5 Å². The molecule has 0 aliphatic carbocycles. The maximum absolute atomic E-state index is 13.0. The van der Waals surface area contributed by atoms with Crippen LogP contribution in [0.25, 0.3) is 0 Å². The number of morpholine rings is 1. The van der Waals surface area contributed by atoms with Crippen molar-refractivity contribution in [1.29, 1.82) is 0 Å². The number of alkyl halides is 3. The van der Waals surface area contributed by atoms with Gasteiger partial charge in [-0.05, 0) is 31.2 Å². The van der Waals surface area contributed by atoms with E-state index in [0.717, 1.165) is 12.6 Å². The van der Waals surface area contributed by atoms with Crippen LogP contribution in [-0.4, -0.2) is 50.2 Å². The average molecular weight is 314 g/mol. The average Bonchev–Trinajstić information content (AvgIpc) is 2.89. The largest absolute Gasteiger partial charge is 0.416 e. The highest BCUT2D eigenvalue weighted by atomic mass is 19.4. The Bertz CT molecular complexity index is 589. The Kier molecular flexibility index (Phi) is 3.86. The zero-order chi connectivity index (χ0) is 15.9. The first-order valence-corrected chi connectivity index (χ1v) is 7.18. The standard InChI is InChI=1S/C15H17F3N2O2/c1-19-7-8-22-13(9-19)14(21)20-6-5-10-11(15(16,17)18)3-2-4-12(10)20/h2-4,13H,5-9H2,1H3/t13-/m1/s1. The second-order valence-electron chi connectivity index (χ2n) is 5.66. The summed E-state index contributed by atoms with van der Waals surface area (Å²) in [7, 11) is 1.89. The summed E-state index contributed by atoms with van der Waals surface area (Å²) in [6, 6.07) is 3.99. The van der Waals surface area contributed by atoms with Crippen molar-refractivity contribution in [3.63, 3.8) is 0 Å². The molecule has 3 rings (SSSR count). The number of ether oxygens (including phenoxy) is 1. The first-order valence-electron chi connectivity index (χ1n) is 7.18. The molecule has 1 amide bonds. The Labute approximate surface area is 126 Å². The molecular formula is C15H17F3N2O2. The molecule has 0 N–H and O–H groups in total. The molecule has 0 saturated carbocycles. The van der Waals surface area contributed by atoms with E-state index in [0.29, 0.717) is 18.8 Å². The number of nitrogens with zero attached hydrogens (tertiary/aromatic N) is 2. The summed E-state index contributed by atoms with van der Waals surface area (Å²) in [5.74, 6) is -0.260. The third-order valence-electron chi connectivity index (χ3n) is 4.14. The van der Waals surface area contributed by atoms with Gasteiger partial charge >= 0.3 is 6.18 Å². The van der Waals surface area contributed by atoms with E-state index in [4.69, 9.17) is 4.74 Å². The summed E-state index contributed by atoms with van der Waals surface area (Å²) in [6.45, 7) is 1.93. The molecule has 0 radical (unpaired) electrons. The zero-order valence-corrected chi connectivity index (χ0v) is 12.2. The van der Waals surface area contributed by atoms with Gasteiger partial charge in [-0.25, -0.2) is 0 Å². The number of likely N-dealkylation sites (N-methyl/N-ethyl adjacent to an activating group) is 1. The van der Waals surface area contributed by atoms with E-state index in [1.807, 2.05) is 11.9 Å². The zero-order valence-electron chi connectivity index (χ0n) is 12.2. The van der Waals surface area contributed by atoms with E-state index in [2.05, 4.69) is 0 Å². The Morgan fingerprint density at radius 3 is 2.77 bits per heavy atom. The van der Waals surface area contributed by atoms with E-state index >= 15 is 0 Å². The lowest BCUT2D eigenvalue weighted by molar-refractivity contribution is -0.138. The number of halogens is 3. The van der Waals surface area contributed by atoms with Crippen molar-refractivity contribution in [3.8, 4) is 0 Å². The number of rotatable bonds is 1. The van der Waals surface area contributed by atoms with Crippen molar-refractivity contribution in [2.45, 2.75) is 18.7 Å². The molecule has 22 heavy (non-hydrogen) atoms. The van der Waals surface area contributed by atoms with Crippen LogP contribution < -0.4 is 4.90 Å². The van der Waals surface area contributed by atoms with Crippen LogP contribution in [0.15, 0.2) is 18.2 Å². The SMILES string of the molecule is CN1CCO[C@@H](C(=O)N2CCc3c2cccc3C(F)(F)F)C1. The van der Waals surface area contributed by atoms with Gasteiger partial charge in [-0.1, -0.05) is 6.07 Å². The molecule has 4 nitrogen and oxygen atoms in total. The molecule has 1 aromatic carbocycles. The molecule has 1 atom stereocenters. The monoisotopic (exact) mass is 314 g/mol. The van der Waals surface area contributed by atoms with Gasteiger partial charge in [-0.3, -0.25) is 4.79 Å². The van der Waals surface area contributed by atoms with Gasteiger partial charge in [0.2, 0.25) is 0 Å². The first kappa shape index (κ1) is 15.3. The van der Waals surface area contributed by atoms with Crippen molar-refractivity contribution in [3.05, 3.63) is 29.3 Å². The third kappa shape index (κ3) is 2.70. The number of benzene rings is 1. The second kappa shape index (κ2) is 5.55. The van der Waals surface area contributed by atoms with Crippen LogP contribution in [0.5, 0.6) is 0 Å². The first-order chi connectivity index (χ1) is 10.4. The van der Waals surface area contributed by atoms with Crippen LogP contribution in [0, 0.1) is 0 Å². The summed E-state index contributed by atoms with van der Waals surface area (Å²) in [4.78, 5) is 16.0. The number of amides is 1. The molecule has 7 heteroatoms. The van der Waals surface area contributed by atoms with Crippen LogP contribution in [0.1, 0.15) is 11.1 Å². The van der Waals surface area contributed by atoms with Gasteiger partial charge in [0.1, 0.15) is 6.10 Å². The lowest BCUT2D eigenvalue weighted by atomic mass is 10.0. The fourth-order valence-corrected chi connectivity index (χ4v) is 3.03. The molecule has 0 bridgehead atoms. The van der Waals surface area contributed by atoms with Crippen molar-refractivity contribution in [2.24, 2.45) is 0 Å². The van der Waals surface area contributed by atoms with Crippen molar-refractivity contribution in [1.82, 2.24) is 4.90 Å². The minimum atomic E-state index is -4.40. The van der Waals surface area contributed by atoms with Crippen LogP contribution in [-0.2, 0) is 22.1 Å². The van der Waals surface area contributed by atoms with Crippen molar-refractivity contribution in [2.75, 3.05) is 38.2 Å². The molecule has 0 unspecified atom stereocenters. The summed E-state index contributed by atoms with van der Waals surface area (Å²) in [6.07, 6.45) is -4.79. The number of fused-ring (bicyclic) bond motifs is 1. The molecule has 2 heterocycles. The topological polar surface area (TPSA) is 32.8 Å². The predicted molar refractivity (Wildman–Crippen MR) is 74.7 cm³/mol. The van der Waals surface area contributed by atoms with Gasteiger partial charge in [-0.2, -0.15) is 13.2 Å². The van der Waals surface area contributed by atoms with E-state index < -0.39 is 17.8 Å². The second-order valence-corrected chi connectivity index (χ2v) is 5.66. The molecule has 1 fully saturated rings. The summed E-state index contributed by atoms with van der Waals surface area (Å²) >= 11 is 0. The van der Waals surface area contributed by atoms with E-state index in [9.17, 15) is 18.0 Å². The summed E-state index contributed by atoms with van der Waals surface area (Å²) < 4.78 is 44.6. The predicted octanol–water partition coefficient (Wildman–Crippen LogP) is 1.93. The highest BCUT2D eigenvalue weighted by Gasteiger charge is 2.39. The maximum atomic E-state index is 13.0. The fraction of sp³-hybridized carbons (Fsp3) is 0.533. The van der Waals surface area contributed by atoms with Gasteiger partial charge in [0, 0.05) is 25.3 Å². The smallest absolute Gasteiger partial charge is 0.366 e. The van der Waals surface area contributed by atoms with Crippen LogP contribution in [0.2, 0.25) is 0 Å². The van der Waals surface area contributed by atoms with Gasteiger partial charge in [-0.15, -0.1) is 0 Å². The lowest BCUT2D eigenvalue weighted by Crippen LogP contribution is -2.49.